The standard InChI is InChI=1S/C17H19N3OS/c1-2-13-9-8-12(11-18)10-15(13)19-17(22)20-16(21)14-6-4-3-5-7-14/h3-10H,2,11,18H2,1H3,(H2,19,20,21,22). The summed E-state index contributed by atoms with van der Waals surface area (Å²) < 4.78 is 0. The van der Waals surface area contributed by atoms with Crippen LogP contribution in [-0.4, -0.2) is 11.0 Å². The molecule has 4 nitrogen and oxygen atoms in total. The molecule has 0 aliphatic rings. The van der Waals surface area contributed by atoms with Crippen LogP contribution in [0.25, 0.3) is 0 Å². The number of nitrogens with two attached hydrogens (primary N) is 1. The Morgan fingerprint density at radius 1 is 1.18 bits per heavy atom. The van der Waals surface area contributed by atoms with Crippen molar-refractivity contribution in [3.05, 3.63) is 65.2 Å². The number of carbonyl (C=O) groups is 1. The summed E-state index contributed by atoms with van der Waals surface area (Å²) in [6.07, 6.45) is 0.864. The predicted octanol–water partition coefficient (Wildman–Crippen LogP) is 2.83. The Balaban J connectivity index is 2.07. The molecule has 0 aliphatic heterocycles. The largest absolute Gasteiger partial charge is 0.332 e. The minimum Gasteiger partial charge on any atom is -0.332 e. The first-order valence-electron chi connectivity index (χ1n) is 7.13. The molecule has 0 saturated heterocycles. The lowest BCUT2D eigenvalue weighted by Gasteiger charge is -2.14. The third kappa shape index (κ3) is 4.13. The molecule has 0 heterocycles. The van der Waals surface area contributed by atoms with Crippen molar-refractivity contribution in [2.24, 2.45) is 5.73 Å². The number of nitrogens with one attached hydrogen (secondary N) is 2. The fourth-order valence-corrected chi connectivity index (χ4v) is 2.30. The summed E-state index contributed by atoms with van der Waals surface area (Å²) >= 11 is 5.22. The van der Waals surface area contributed by atoms with Gasteiger partial charge >= 0.3 is 0 Å². The lowest BCUT2D eigenvalue weighted by atomic mass is 10.1. The minimum atomic E-state index is -0.230. The molecule has 22 heavy (non-hydrogen) atoms. The topological polar surface area (TPSA) is 67.2 Å². The Hall–Kier alpha value is -2.24. The molecule has 0 radical (unpaired) electrons. The Kier molecular flexibility index (Phi) is 5.63. The normalized spacial score (nSPS) is 10.1. The molecule has 2 aromatic rings. The highest BCUT2D eigenvalue weighted by Crippen LogP contribution is 2.18. The fourth-order valence-electron chi connectivity index (χ4n) is 2.09. The third-order valence-electron chi connectivity index (χ3n) is 3.30. The number of rotatable bonds is 4. The van der Waals surface area contributed by atoms with Gasteiger partial charge in [-0.15, -0.1) is 0 Å². The van der Waals surface area contributed by atoms with Crippen molar-refractivity contribution in [2.75, 3.05) is 5.32 Å². The van der Waals surface area contributed by atoms with Gasteiger partial charge in [-0.3, -0.25) is 10.1 Å². The molecule has 0 aliphatic carbocycles. The zero-order chi connectivity index (χ0) is 15.9. The van der Waals surface area contributed by atoms with Crippen LogP contribution in [0, 0.1) is 0 Å². The summed E-state index contributed by atoms with van der Waals surface area (Å²) in [4.78, 5) is 12.1. The van der Waals surface area contributed by atoms with E-state index in [2.05, 4.69) is 17.6 Å². The number of thiocarbonyl (C=S) groups is 1. The van der Waals surface area contributed by atoms with Crippen molar-refractivity contribution in [1.29, 1.82) is 0 Å². The summed E-state index contributed by atoms with van der Waals surface area (Å²) in [5.74, 6) is -0.230. The number of anilines is 1. The van der Waals surface area contributed by atoms with Crippen molar-refractivity contribution in [1.82, 2.24) is 5.32 Å². The van der Waals surface area contributed by atoms with E-state index >= 15 is 0 Å². The molecule has 0 aromatic heterocycles. The van der Waals surface area contributed by atoms with Gasteiger partial charge in [0.05, 0.1) is 0 Å². The first-order valence-corrected chi connectivity index (χ1v) is 7.54. The molecule has 0 fully saturated rings. The van der Waals surface area contributed by atoms with Gasteiger partial charge in [0.15, 0.2) is 5.11 Å². The number of benzene rings is 2. The molecule has 4 N–H and O–H groups in total. The zero-order valence-electron chi connectivity index (χ0n) is 12.4. The second-order valence-corrected chi connectivity index (χ2v) is 5.23. The number of hydrogen-bond acceptors (Lipinski definition) is 3. The van der Waals surface area contributed by atoms with Crippen LogP contribution in [-0.2, 0) is 13.0 Å². The van der Waals surface area contributed by atoms with E-state index in [0.29, 0.717) is 12.1 Å². The van der Waals surface area contributed by atoms with Gasteiger partial charge in [0, 0.05) is 17.8 Å². The summed E-state index contributed by atoms with van der Waals surface area (Å²) in [6.45, 7) is 2.52. The van der Waals surface area contributed by atoms with E-state index in [4.69, 9.17) is 18.0 Å². The summed E-state index contributed by atoms with van der Waals surface area (Å²) in [5, 5.41) is 6.04. The van der Waals surface area contributed by atoms with Crippen LogP contribution in [0.4, 0.5) is 5.69 Å². The van der Waals surface area contributed by atoms with Crippen molar-refractivity contribution in [3.8, 4) is 0 Å². The minimum absolute atomic E-state index is 0.230. The van der Waals surface area contributed by atoms with Crippen molar-refractivity contribution < 1.29 is 4.79 Å². The Bertz CT molecular complexity index is 671. The first kappa shape index (κ1) is 16.1. The summed E-state index contributed by atoms with van der Waals surface area (Å²) in [6, 6.07) is 14.9. The van der Waals surface area contributed by atoms with Crippen molar-refractivity contribution >= 4 is 28.9 Å². The predicted molar refractivity (Wildman–Crippen MR) is 93.8 cm³/mol. The van der Waals surface area contributed by atoms with Gasteiger partial charge < -0.3 is 11.1 Å². The van der Waals surface area contributed by atoms with Gasteiger partial charge in [0.2, 0.25) is 0 Å². The molecule has 1 amide bonds. The molecule has 114 valence electrons. The molecule has 0 unspecified atom stereocenters. The van der Waals surface area contributed by atoms with E-state index in [1.807, 2.05) is 36.4 Å². The van der Waals surface area contributed by atoms with Gasteiger partial charge in [-0.2, -0.15) is 0 Å². The molecular weight excluding hydrogens is 294 g/mol. The second kappa shape index (κ2) is 7.68. The molecule has 2 aromatic carbocycles. The first-order chi connectivity index (χ1) is 10.6. The van der Waals surface area contributed by atoms with Gasteiger partial charge in [-0.05, 0) is 48.0 Å². The van der Waals surface area contributed by atoms with Crippen LogP contribution in [0.3, 0.4) is 0 Å². The SMILES string of the molecule is CCc1ccc(CN)cc1NC(=S)NC(=O)c1ccccc1. The van der Waals surface area contributed by atoms with Crippen molar-refractivity contribution in [3.63, 3.8) is 0 Å². The lowest BCUT2D eigenvalue weighted by molar-refractivity contribution is 0.0977. The maximum Gasteiger partial charge on any atom is 0.257 e. The van der Waals surface area contributed by atoms with Crippen LogP contribution in [0.15, 0.2) is 48.5 Å². The van der Waals surface area contributed by atoms with Crippen molar-refractivity contribution in [2.45, 2.75) is 19.9 Å². The van der Waals surface area contributed by atoms with E-state index in [-0.39, 0.29) is 11.0 Å². The highest BCUT2D eigenvalue weighted by atomic mass is 32.1. The quantitative estimate of drug-likeness (QED) is 0.759. The fraction of sp³-hybridized carbons (Fsp3) is 0.176. The van der Waals surface area contributed by atoms with Gasteiger partial charge in [-0.1, -0.05) is 37.3 Å². The smallest absolute Gasteiger partial charge is 0.257 e. The molecule has 0 bridgehead atoms. The van der Waals surface area contributed by atoms with Crippen LogP contribution >= 0.6 is 12.2 Å². The number of amides is 1. The van der Waals surface area contributed by atoms with Gasteiger partial charge in [-0.25, -0.2) is 0 Å². The number of hydrogen-bond donors (Lipinski definition) is 3. The van der Waals surface area contributed by atoms with E-state index in [0.717, 1.165) is 23.2 Å². The highest BCUT2D eigenvalue weighted by molar-refractivity contribution is 7.80. The lowest BCUT2D eigenvalue weighted by Crippen LogP contribution is -2.34. The third-order valence-corrected chi connectivity index (χ3v) is 3.51. The highest BCUT2D eigenvalue weighted by Gasteiger charge is 2.09. The van der Waals surface area contributed by atoms with Gasteiger partial charge in [0.1, 0.15) is 0 Å². The average Bonchev–Trinajstić information content (AvgIpc) is 2.55. The molecular formula is C17H19N3OS. The van der Waals surface area contributed by atoms with Crippen LogP contribution in [0.5, 0.6) is 0 Å². The maximum absolute atomic E-state index is 12.1. The molecule has 2 rings (SSSR count). The Labute approximate surface area is 135 Å². The maximum atomic E-state index is 12.1. The van der Waals surface area contributed by atoms with Crippen LogP contribution in [0.2, 0.25) is 0 Å². The summed E-state index contributed by atoms with van der Waals surface area (Å²) in [5.41, 5.74) is 9.24. The van der Waals surface area contributed by atoms with E-state index in [1.54, 1.807) is 12.1 Å². The number of aryl methyl sites for hydroxylation is 1. The Morgan fingerprint density at radius 3 is 2.55 bits per heavy atom. The molecule has 5 heteroatoms. The average molecular weight is 313 g/mol. The number of carbonyl (C=O) groups excluding carboxylic acids is 1. The monoisotopic (exact) mass is 313 g/mol. The van der Waals surface area contributed by atoms with Crippen LogP contribution in [0.1, 0.15) is 28.4 Å². The zero-order valence-corrected chi connectivity index (χ0v) is 13.2. The summed E-state index contributed by atoms with van der Waals surface area (Å²) in [7, 11) is 0. The molecule has 0 atom stereocenters. The second-order valence-electron chi connectivity index (χ2n) is 4.82. The molecule has 0 spiro atoms. The Morgan fingerprint density at radius 2 is 1.91 bits per heavy atom. The van der Waals surface area contributed by atoms with E-state index in [9.17, 15) is 4.79 Å². The van der Waals surface area contributed by atoms with E-state index in [1.165, 1.54) is 0 Å². The van der Waals surface area contributed by atoms with Gasteiger partial charge in [0.25, 0.3) is 5.91 Å². The van der Waals surface area contributed by atoms with Crippen LogP contribution < -0.4 is 16.4 Å². The molecule has 0 saturated carbocycles. The van der Waals surface area contributed by atoms with E-state index < -0.39 is 0 Å².